The first-order valence-corrected chi connectivity index (χ1v) is 10.9. The highest BCUT2D eigenvalue weighted by atomic mass is 16.2. The van der Waals surface area contributed by atoms with Gasteiger partial charge in [-0.2, -0.15) is 0 Å². The second kappa shape index (κ2) is 10.1. The first-order chi connectivity index (χ1) is 15.6. The lowest BCUT2D eigenvalue weighted by Gasteiger charge is -2.19. The van der Waals surface area contributed by atoms with E-state index in [4.69, 9.17) is 5.73 Å². The van der Waals surface area contributed by atoms with Crippen molar-refractivity contribution in [2.45, 2.75) is 37.4 Å². The summed E-state index contributed by atoms with van der Waals surface area (Å²) >= 11 is 0. The molecule has 3 unspecified atom stereocenters. The van der Waals surface area contributed by atoms with Crippen molar-refractivity contribution < 1.29 is 9.59 Å². The highest BCUT2D eigenvalue weighted by molar-refractivity contribution is 5.97. The number of carbonyl (C=O) groups excluding carboxylic acids is 2. The number of amides is 3. The molecule has 1 aliphatic rings. The lowest BCUT2D eigenvalue weighted by atomic mass is 10.0. The maximum Gasteiger partial charge on any atom is 0.315 e. The number of hydrogen-bond donors (Lipinski definition) is 4. The molecule has 0 saturated heterocycles. The fraction of sp³-hybridized carbons (Fsp3) is 0.231. The molecule has 0 spiro atoms. The van der Waals surface area contributed by atoms with Crippen molar-refractivity contribution in [1.82, 2.24) is 10.6 Å². The van der Waals surface area contributed by atoms with Gasteiger partial charge in [0, 0.05) is 30.6 Å². The summed E-state index contributed by atoms with van der Waals surface area (Å²) in [7, 11) is 0. The fourth-order valence-electron chi connectivity index (χ4n) is 3.69. The number of anilines is 1. The normalized spacial score (nSPS) is 17.8. The van der Waals surface area contributed by atoms with Gasteiger partial charge >= 0.3 is 6.03 Å². The van der Waals surface area contributed by atoms with Gasteiger partial charge in [0.1, 0.15) is 6.04 Å². The number of nitrogens with one attached hydrogen (secondary N) is 3. The maximum absolute atomic E-state index is 13.0. The van der Waals surface area contributed by atoms with Crippen LogP contribution in [-0.2, 0) is 17.8 Å². The zero-order valence-corrected chi connectivity index (χ0v) is 17.8. The molecule has 164 valence electrons. The van der Waals surface area contributed by atoms with Crippen LogP contribution in [-0.4, -0.2) is 24.0 Å². The standard InChI is InChI=1S/C26H28N4O2/c27-23-16-22(23)20-11-13-21(14-12-20)29-25(31)24(15-18-7-3-1-4-8-18)30-26(32)28-17-19-9-5-2-6-10-19/h1-14,22-24H,15-17,27H2,(H,29,31)(H2,28,30,32). The van der Waals surface area contributed by atoms with Gasteiger partial charge < -0.3 is 21.7 Å². The zero-order valence-electron chi connectivity index (χ0n) is 17.8. The van der Waals surface area contributed by atoms with Crippen LogP contribution in [0.3, 0.4) is 0 Å². The molecule has 5 N–H and O–H groups in total. The maximum atomic E-state index is 13.0. The Bertz CT molecular complexity index is 1040. The van der Waals surface area contributed by atoms with E-state index in [1.807, 2.05) is 84.9 Å². The van der Waals surface area contributed by atoms with Crippen molar-refractivity contribution in [1.29, 1.82) is 0 Å². The van der Waals surface area contributed by atoms with Gasteiger partial charge in [0.25, 0.3) is 0 Å². The van der Waals surface area contributed by atoms with Crippen LogP contribution in [0.1, 0.15) is 29.0 Å². The molecule has 3 atom stereocenters. The first kappa shape index (κ1) is 21.6. The largest absolute Gasteiger partial charge is 0.334 e. The van der Waals surface area contributed by atoms with Gasteiger partial charge in [-0.1, -0.05) is 72.8 Å². The van der Waals surface area contributed by atoms with E-state index >= 15 is 0 Å². The van der Waals surface area contributed by atoms with Gasteiger partial charge in [-0.15, -0.1) is 0 Å². The average Bonchev–Trinajstić information content (AvgIpc) is 3.55. The molecule has 3 amide bonds. The fourth-order valence-corrected chi connectivity index (χ4v) is 3.69. The summed E-state index contributed by atoms with van der Waals surface area (Å²) in [6.45, 7) is 0.386. The average molecular weight is 429 g/mol. The summed E-state index contributed by atoms with van der Waals surface area (Å²) in [5, 5.41) is 8.57. The SMILES string of the molecule is NC1CC1c1ccc(NC(=O)C(Cc2ccccc2)NC(=O)NCc2ccccc2)cc1. The summed E-state index contributed by atoms with van der Waals surface area (Å²) < 4.78 is 0. The third-order valence-electron chi connectivity index (χ3n) is 5.65. The van der Waals surface area contributed by atoms with E-state index in [-0.39, 0.29) is 18.0 Å². The van der Waals surface area contributed by atoms with Crippen molar-refractivity contribution in [3.63, 3.8) is 0 Å². The Labute approximate surface area is 188 Å². The van der Waals surface area contributed by atoms with Gasteiger partial charge in [0.05, 0.1) is 0 Å². The van der Waals surface area contributed by atoms with Crippen LogP contribution in [0, 0.1) is 0 Å². The molecule has 0 aromatic heterocycles. The van der Waals surface area contributed by atoms with Gasteiger partial charge in [-0.05, 0) is 35.2 Å². The monoisotopic (exact) mass is 428 g/mol. The number of hydrogen-bond acceptors (Lipinski definition) is 3. The van der Waals surface area contributed by atoms with Crippen molar-refractivity contribution >= 4 is 17.6 Å². The molecule has 1 fully saturated rings. The Morgan fingerprint density at radius 2 is 1.47 bits per heavy atom. The zero-order chi connectivity index (χ0) is 22.3. The highest BCUT2D eigenvalue weighted by Crippen LogP contribution is 2.39. The lowest BCUT2D eigenvalue weighted by Crippen LogP contribution is -2.49. The van der Waals surface area contributed by atoms with E-state index in [1.165, 1.54) is 5.56 Å². The molecule has 1 saturated carbocycles. The first-order valence-electron chi connectivity index (χ1n) is 10.9. The Hall–Kier alpha value is -3.64. The Balaban J connectivity index is 1.39. The van der Waals surface area contributed by atoms with Crippen LogP contribution in [0.2, 0.25) is 0 Å². The molecular weight excluding hydrogens is 400 g/mol. The lowest BCUT2D eigenvalue weighted by molar-refractivity contribution is -0.117. The summed E-state index contributed by atoms with van der Waals surface area (Å²) in [5.74, 6) is 0.153. The van der Waals surface area contributed by atoms with Crippen molar-refractivity contribution in [2.75, 3.05) is 5.32 Å². The quantitative estimate of drug-likeness (QED) is 0.442. The molecule has 3 aromatic rings. The number of carbonyl (C=O) groups is 2. The van der Waals surface area contributed by atoms with E-state index in [0.717, 1.165) is 17.5 Å². The summed E-state index contributed by atoms with van der Waals surface area (Å²) in [4.78, 5) is 25.6. The Morgan fingerprint density at radius 3 is 2.06 bits per heavy atom. The van der Waals surface area contributed by atoms with Crippen LogP contribution in [0.4, 0.5) is 10.5 Å². The molecule has 0 aliphatic heterocycles. The van der Waals surface area contributed by atoms with Crippen LogP contribution < -0.4 is 21.7 Å². The third kappa shape index (κ3) is 5.95. The molecule has 6 nitrogen and oxygen atoms in total. The van der Waals surface area contributed by atoms with Gasteiger partial charge in [-0.25, -0.2) is 4.79 Å². The Kier molecular flexibility index (Phi) is 6.82. The predicted molar refractivity (Wildman–Crippen MR) is 126 cm³/mol. The molecule has 32 heavy (non-hydrogen) atoms. The molecule has 6 heteroatoms. The molecule has 0 radical (unpaired) electrons. The molecule has 0 bridgehead atoms. The topological polar surface area (TPSA) is 96.2 Å². The van der Waals surface area contributed by atoms with E-state index in [1.54, 1.807) is 0 Å². The van der Waals surface area contributed by atoms with Crippen molar-refractivity contribution in [3.05, 3.63) is 102 Å². The number of urea groups is 1. The van der Waals surface area contributed by atoms with E-state index < -0.39 is 6.04 Å². The van der Waals surface area contributed by atoms with Gasteiger partial charge in [0.2, 0.25) is 5.91 Å². The highest BCUT2D eigenvalue weighted by Gasteiger charge is 2.34. The smallest absolute Gasteiger partial charge is 0.315 e. The number of nitrogens with two attached hydrogens (primary N) is 1. The van der Waals surface area contributed by atoms with E-state index in [2.05, 4.69) is 16.0 Å². The second-order valence-corrected chi connectivity index (χ2v) is 8.17. The minimum absolute atomic E-state index is 0.240. The van der Waals surface area contributed by atoms with Crippen LogP contribution in [0.5, 0.6) is 0 Å². The molecule has 0 heterocycles. The Morgan fingerprint density at radius 1 is 0.875 bits per heavy atom. The number of benzene rings is 3. The number of rotatable bonds is 8. The minimum atomic E-state index is -0.718. The summed E-state index contributed by atoms with van der Waals surface area (Å²) in [6.07, 6.45) is 1.40. The minimum Gasteiger partial charge on any atom is -0.334 e. The third-order valence-corrected chi connectivity index (χ3v) is 5.65. The molecule has 3 aromatic carbocycles. The van der Waals surface area contributed by atoms with Gasteiger partial charge in [0.15, 0.2) is 0 Å². The van der Waals surface area contributed by atoms with Crippen LogP contribution >= 0.6 is 0 Å². The van der Waals surface area contributed by atoms with E-state index in [0.29, 0.717) is 24.6 Å². The van der Waals surface area contributed by atoms with Crippen molar-refractivity contribution in [3.8, 4) is 0 Å². The molecule has 4 rings (SSSR count). The van der Waals surface area contributed by atoms with Crippen LogP contribution in [0.25, 0.3) is 0 Å². The summed E-state index contributed by atoms with van der Waals surface area (Å²) in [6, 6.07) is 26.2. The molecule has 1 aliphatic carbocycles. The van der Waals surface area contributed by atoms with E-state index in [9.17, 15) is 9.59 Å². The second-order valence-electron chi connectivity index (χ2n) is 8.17. The predicted octanol–water partition coefficient (Wildman–Crippen LogP) is 3.55. The van der Waals surface area contributed by atoms with Gasteiger partial charge in [-0.3, -0.25) is 4.79 Å². The van der Waals surface area contributed by atoms with Crippen LogP contribution in [0.15, 0.2) is 84.9 Å². The van der Waals surface area contributed by atoms with Crippen molar-refractivity contribution in [2.24, 2.45) is 5.73 Å². The molecular formula is C26H28N4O2. The summed E-state index contributed by atoms with van der Waals surface area (Å²) in [5.41, 5.74) is 9.76.